The standard InChI is InChI=1S/C24H17ClN2O2S2/c1-29-16-11-12-20-18(13-16)26-24(31-20)27(14-15-7-3-2-4-8-15)23(28)22-21(25)17-9-5-6-10-19(17)30-22/h2-13H,14H2,1H3. The molecular weight excluding hydrogens is 448 g/mol. The maximum atomic E-state index is 13.7. The van der Waals surface area contributed by atoms with Crippen molar-refractivity contribution >= 4 is 65.6 Å². The minimum atomic E-state index is -0.152. The van der Waals surface area contributed by atoms with Crippen LogP contribution < -0.4 is 9.64 Å². The summed E-state index contributed by atoms with van der Waals surface area (Å²) in [4.78, 5) is 20.7. The van der Waals surface area contributed by atoms with Gasteiger partial charge in [0.15, 0.2) is 5.13 Å². The number of carbonyl (C=O) groups excluding carboxylic acids is 1. The fourth-order valence-corrected chi connectivity index (χ4v) is 5.81. The van der Waals surface area contributed by atoms with E-state index in [0.717, 1.165) is 31.6 Å². The van der Waals surface area contributed by atoms with Crippen molar-refractivity contribution in [3.8, 4) is 5.75 Å². The minimum absolute atomic E-state index is 0.152. The summed E-state index contributed by atoms with van der Waals surface area (Å²) < 4.78 is 7.30. The molecule has 2 heterocycles. The number of fused-ring (bicyclic) bond motifs is 2. The van der Waals surface area contributed by atoms with Gasteiger partial charge in [-0.2, -0.15) is 0 Å². The Morgan fingerprint density at radius 3 is 2.55 bits per heavy atom. The van der Waals surface area contributed by atoms with Gasteiger partial charge in [0.1, 0.15) is 10.6 Å². The molecule has 0 spiro atoms. The molecule has 0 aliphatic rings. The average molecular weight is 465 g/mol. The Balaban J connectivity index is 1.61. The van der Waals surface area contributed by atoms with Gasteiger partial charge in [0.2, 0.25) is 0 Å². The van der Waals surface area contributed by atoms with E-state index in [1.807, 2.05) is 72.8 Å². The molecule has 0 aliphatic carbocycles. The molecule has 7 heteroatoms. The Bertz CT molecular complexity index is 1400. The topological polar surface area (TPSA) is 42.4 Å². The lowest BCUT2D eigenvalue weighted by Crippen LogP contribution is -2.29. The summed E-state index contributed by atoms with van der Waals surface area (Å²) in [6.45, 7) is 0.404. The van der Waals surface area contributed by atoms with Crippen LogP contribution in [-0.2, 0) is 6.54 Å². The molecule has 0 bridgehead atoms. The summed E-state index contributed by atoms with van der Waals surface area (Å²) in [7, 11) is 1.63. The van der Waals surface area contributed by atoms with E-state index >= 15 is 0 Å². The lowest BCUT2D eigenvalue weighted by atomic mass is 10.2. The van der Waals surface area contributed by atoms with Gasteiger partial charge >= 0.3 is 0 Å². The molecule has 0 unspecified atom stereocenters. The van der Waals surface area contributed by atoms with Crippen molar-refractivity contribution in [1.29, 1.82) is 0 Å². The van der Waals surface area contributed by atoms with Gasteiger partial charge in [-0.05, 0) is 23.8 Å². The number of hydrogen-bond donors (Lipinski definition) is 0. The number of methoxy groups -OCH3 is 1. The lowest BCUT2D eigenvalue weighted by Gasteiger charge is -2.19. The Morgan fingerprint density at radius 2 is 1.77 bits per heavy atom. The van der Waals surface area contributed by atoms with Crippen molar-refractivity contribution in [3.63, 3.8) is 0 Å². The summed E-state index contributed by atoms with van der Waals surface area (Å²) in [6.07, 6.45) is 0. The first-order chi connectivity index (χ1) is 15.1. The van der Waals surface area contributed by atoms with Crippen molar-refractivity contribution in [2.75, 3.05) is 12.0 Å². The van der Waals surface area contributed by atoms with Crippen LogP contribution in [0.4, 0.5) is 5.13 Å². The molecule has 3 aromatic carbocycles. The summed E-state index contributed by atoms with van der Waals surface area (Å²) in [5.74, 6) is 0.582. The van der Waals surface area contributed by atoms with Crippen LogP contribution >= 0.6 is 34.3 Å². The van der Waals surface area contributed by atoms with E-state index in [-0.39, 0.29) is 5.91 Å². The van der Waals surface area contributed by atoms with Gasteiger partial charge < -0.3 is 4.74 Å². The van der Waals surface area contributed by atoms with E-state index in [9.17, 15) is 4.79 Å². The second-order valence-corrected chi connectivity index (χ2v) is 9.39. The summed E-state index contributed by atoms with van der Waals surface area (Å²) >= 11 is 9.53. The molecule has 5 rings (SSSR count). The number of benzene rings is 3. The molecule has 0 saturated heterocycles. The summed E-state index contributed by atoms with van der Waals surface area (Å²) in [5.41, 5.74) is 1.82. The van der Waals surface area contributed by atoms with Gasteiger partial charge in [0.05, 0.1) is 28.9 Å². The maximum absolute atomic E-state index is 13.7. The van der Waals surface area contributed by atoms with Gasteiger partial charge in [-0.25, -0.2) is 4.98 Å². The van der Waals surface area contributed by atoms with E-state index in [0.29, 0.717) is 21.6 Å². The lowest BCUT2D eigenvalue weighted by molar-refractivity contribution is 0.0989. The van der Waals surface area contributed by atoms with Gasteiger partial charge in [0, 0.05) is 16.2 Å². The first-order valence-electron chi connectivity index (χ1n) is 9.61. The van der Waals surface area contributed by atoms with Crippen LogP contribution in [0.3, 0.4) is 0 Å². The van der Waals surface area contributed by atoms with E-state index in [1.54, 1.807) is 12.0 Å². The first kappa shape index (κ1) is 20.0. The van der Waals surface area contributed by atoms with Gasteiger partial charge in [-0.3, -0.25) is 9.69 Å². The monoisotopic (exact) mass is 464 g/mol. The second kappa shape index (κ2) is 8.30. The molecule has 2 aromatic heterocycles. The Morgan fingerprint density at radius 1 is 1.00 bits per heavy atom. The van der Waals surface area contributed by atoms with E-state index in [4.69, 9.17) is 21.3 Å². The molecule has 0 saturated carbocycles. The summed E-state index contributed by atoms with van der Waals surface area (Å²) in [6, 6.07) is 23.4. The molecule has 31 heavy (non-hydrogen) atoms. The fraction of sp³-hybridized carbons (Fsp3) is 0.0833. The number of hydrogen-bond acceptors (Lipinski definition) is 5. The predicted molar refractivity (Wildman–Crippen MR) is 130 cm³/mol. The average Bonchev–Trinajstić information content (AvgIpc) is 3.38. The molecule has 1 amide bonds. The zero-order valence-electron chi connectivity index (χ0n) is 16.5. The van der Waals surface area contributed by atoms with Crippen LogP contribution in [0.5, 0.6) is 5.75 Å². The normalized spacial score (nSPS) is 11.2. The zero-order chi connectivity index (χ0) is 21.4. The molecule has 4 nitrogen and oxygen atoms in total. The third-order valence-corrected chi connectivity index (χ3v) is 7.69. The number of aromatic nitrogens is 1. The van der Waals surface area contributed by atoms with Crippen molar-refractivity contribution in [2.24, 2.45) is 0 Å². The maximum Gasteiger partial charge on any atom is 0.272 e. The molecule has 0 aliphatic heterocycles. The highest BCUT2D eigenvalue weighted by Crippen LogP contribution is 2.38. The molecule has 0 atom stereocenters. The number of rotatable bonds is 5. The second-order valence-electron chi connectivity index (χ2n) is 6.95. The van der Waals surface area contributed by atoms with Crippen LogP contribution in [0.2, 0.25) is 5.02 Å². The minimum Gasteiger partial charge on any atom is -0.497 e. The molecule has 0 N–H and O–H groups in total. The number of anilines is 1. The number of carbonyl (C=O) groups is 1. The predicted octanol–water partition coefficient (Wildman–Crippen LogP) is 7.02. The molecule has 154 valence electrons. The molecule has 0 fully saturated rings. The van der Waals surface area contributed by atoms with Crippen LogP contribution in [-0.4, -0.2) is 18.0 Å². The number of thiophene rings is 1. The number of ether oxygens (including phenoxy) is 1. The highest BCUT2D eigenvalue weighted by Gasteiger charge is 2.26. The van der Waals surface area contributed by atoms with Crippen LogP contribution in [0.1, 0.15) is 15.2 Å². The number of halogens is 1. The quantitative estimate of drug-likeness (QED) is 0.280. The molecule has 0 radical (unpaired) electrons. The van der Waals surface area contributed by atoms with Gasteiger partial charge in [-0.15, -0.1) is 11.3 Å². The van der Waals surface area contributed by atoms with Crippen LogP contribution in [0.15, 0.2) is 72.8 Å². The zero-order valence-corrected chi connectivity index (χ0v) is 18.9. The number of nitrogens with zero attached hydrogens (tertiary/aromatic N) is 2. The van der Waals surface area contributed by atoms with E-state index in [1.165, 1.54) is 22.7 Å². The summed E-state index contributed by atoms with van der Waals surface area (Å²) in [5, 5.41) is 2.02. The van der Waals surface area contributed by atoms with Crippen molar-refractivity contribution in [3.05, 3.63) is 88.3 Å². The molecular formula is C24H17ClN2O2S2. The van der Waals surface area contributed by atoms with Crippen molar-refractivity contribution in [1.82, 2.24) is 4.98 Å². The highest BCUT2D eigenvalue weighted by atomic mass is 35.5. The van der Waals surface area contributed by atoms with E-state index in [2.05, 4.69) is 0 Å². The molecule has 5 aromatic rings. The third kappa shape index (κ3) is 3.78. The smallest absolute Gasteiger partial charge is 0.272 e. The van der Waals surface area contributed by atoms with Crippen molar-refractivity contribution < 1.29 is 9.53 Å². The third-order valence-electron chi connectivity index (χ3n) is 4.97. The Hall–Kier alpha value is -2.93. The SMILES string of the molecule is COc1ccc2sc(N(Cc3ccccc3)C(=O)c3sc4ccccc4c3Cl)nc2c1. The number of thiazole rings is 1. The first-order valence-corrected chi connectivity index (χ1v) is 11.6. The van der Waals surface area contributed by atoms with Gasteiger partial charge in [-0.1, -0.05) is 71.5 Å². The van der Waals surface area contributed by atoms with Crippen LogP contribution in [0.25, 0.3) is 20.3 Å². The Labute approximate surface area is 192 Å². The fourth-order valence-electron chi connectivity index (χ4n) is 3.40. The number of amides is 1. The highest BCUT2D eigenvalue weighted by molar-refractivity contribution is 7.23. The van der Waals surface area contributed by atoms with E-state index < -0.39 is 0 Å². The Kier molecular flexibility index (Phi) is 5.36. The van der Waals surface area contributed by atoms with Gasteiger partial charge in [0.25, 0.3) is 5.91 Å². The largest absolute Gasteiger partial charge is 0.497 e. The van der Waals surface area contributed by atoms with Crippen LogP contribution in [0, 0.1) is 0 Å². The van der Waals surface area contributed by atoms with Crippen molar-refractivity contribution in [2.45, 2.75) is 6.54 Å².